The lowest BCUT2D eigenvalue weighted by Gasteiger charge is -2.17. The second-order valence-corrected chi connectivity index (χ2v) is 6.65. The van der Waals surface area contributed by atoms with Crippen molar-refractivity contribution in [1.29, 1.82) is 0 Å². The van der Waals surface area contributed by atoms with Crippen LogP contribution in [0.3, 0.4) is 0 Å². The Morgan fingerprint density at radius 2 is 1.96 bits per heavy atom. The minimum absolute atomic E-state index is 0.0272. The van der Waals surface area contributed by atoms with Gasteiger partial charge in [0.1, 0.15) is 5.82 Å². The van der Waals surface area contributed by atoms with E-state index in [0.29, 0.717) is 18.0 Å². The maximum absolute atomic E-state index is 12.7. The number of imidazole rings is 1. The van der Waals surface area contributed by atoms with E-state index in [4.69, 9.17) is 4.98 Å². The van der Waals surface area contributed by atoms with Crippen LogP contribution in [0.15, 0.2) is 48.5 Å². The number of fused-ring (bicyclic) bond motifs is 1. The second kappa shape index (κ2) is 5.78. The van der Waals surface area contributed by atoms with Gasteiger partial charge in [-0.15, -0.1) is 0 Å². The third kappa shape index (κ3) is 2.68. The minimum Gasteiger partial charge on any atom is -0.337 e. The smallest absolute Gasteiger partial charge is 0.253 e. The summed E-state index contributed by atoms with van der Waals surface area (Å²) in [5.41, 5.74) is 3.84. The number of hydrogen-bond acceptors (Lipinski definition) is 2. The number of amides is 1. The molecule has 3 aromatic rings. The first kappa shape index (κ1) is 14.9. The Morgan fingerprint density at radius 1 is 1.21 bits per heavy atom. The molecule has 0 radical (unpaired) electrons. The van der Waals surface area contributed by atoms with E-state index in [0.717, 1.165) is 22.4 Å². The molecule has 4 heteroatoms. The van der Waals surface area contributed by atoms with Crippen molar-refractivity contribution in [3.63, 3.8) is 0 Å². The zero-order valence-electron chi connectivity index (χ0n) is 14.1. The molecular formula is C20H21N3O. The lowest BCUT2D eigenvalue weighted by molar-refractivity contribution is 0.0785. The van der Waals surface area contributed by atoms with Crippen LogP contribution in [0.5, 0.6) is 0 Å². The number of aromatic nitrogens is 2. The summed E-state index contributed by atoms with van der Waals surface area (Å²) in [6.07, 6.45) is 2.45. The summed E-state index contributed by atoms with van der Waals surface area (Å²) in [5.74, 6) is 1.77. The van der Waals surface area contributed by atoms with Crippen LogP contribution in [0, 0.1) is 0 Å². The van der Waals surface area contributed by atoms with Gasteiger partial charge in [0.25, 0.3) is 5.91 Å². The van der Waals surface area contributed by atoms with E-state index in [1.807, 2.05) is 55.6 Å². The average Bonchev–Trinajstić information content (AvgIpc) is 3.39. The van der Waals surface area contributed by atoms with Gasteiger partial charge < -0.3 is 9.47 Å². The molecule has 1 amide bonds. The van der Waals surface area contributed by atoms with Crippen molar-refractivity contribution >= 4 is 16.9 Å². The molecule has 4 rings (SSSR count). The quantitative estimate of drug-likeness (QED) is 0.735. The third-order valence-electron chi connectivity index (χ3n) is 4.71. The summed E-state index contributed by atoms with van der Waals surface area (Å²) in [7, 11) is 3.90. The molecule has 2 aromatic carbocycles. The summed E-state index contributed by atoms with van der Waals surface area (Å²) in [6, 6.07) is 15.9. The molecular weight excluding hydrogens is 298 g/mol. The molecule has 0 unspecified atom stereocenters. The Bertz CT molecular complexity index is 894. The first-order valence-corrected chi connectivity index (χ1v) is 8.39. The lowest BCUT2D eigenvalue weighted by Crippen LogP contribution is -2.26. The zero-order chi connectivity index (χ0) is 16.7. The molecule has 1 saturated carbocycles. The van der Waals surface area contributed by atoms with Gasteiger partial charge in [-0.3, -0.25) is 4.79 Å². The van der Waals surface area contributed by atoms with Gasteiger partial charge in [-0.05, 0) is 36.6 Å². The molecule has 0 aliphatic heterocycles. The SMILES string of the molecule is CN(Cc1ccccc1)C(=O)c1ccc2c(c1)nc(C1CC1)n2C. The molecule has 1 aliphatic carbocycles. The number of carbonyl (C=O) groups is 1. The summed E-state index contributed by atoms with van der Waals surface area (Å²) in [6.45, 7) is 0.604. The number of hydrogen-bond donors (Lipinski definition) is 0. The van der Waals surface area contributed by atoms with E-state index >= 15 is 0 Å². The molecule has 1 aromatic heterocycles. The molecule has 0 saturated heterocycles. The van der Waals surface area contributed by atoms with Gasteiger partial charge in [-0.1, -0.05) is 30.3 Å². The van der Waals surface area contributed by atoms with E-state index in [1.54, 1.807) is 4.90 Å². The molecule has 24 heavy (non-hydrogen) atoms. The largest absolute Gasteiger partial charge is 0.337 e. The van der Waals surface area contributed by atoms with E-state index in [9.17, 15) is 4.79 Å². The Kier molecular flexibility index (Phi) is 3.60. The monoisotopic (exact) mass is 319 g/mol. The second-order valence-electron chi connectivity index (χ2n) is 6.65. The van der Waals surface area contributed by atoms with Crippen molar-refractivity contribution in [2.75, 3.05) is 7.05 Å². The number of rotatable bonds is 4. The van der Waals surface area contributed by atoms with Crippen LogP contribution in [-0.2, 0) is 13.6 Å². The van der Waals surface area contributed by atoms with Gasteiger partial charge in [0, 0.05) is 32.1 Å². The zero-order valence-corrected chi connectivity index (χ0v) is 14.1. The van der Waals surface area contributed by atoms with Crippen LogP contribution in [0.25, 0.3) is 11.0 Å². The Morgan fingerprint density at radius 3 is 2.67 bits per heavy atom. The highest BCUT2D eigenvalue weighted by Gasteiger charge is 2.28. The third-order valence-corrected chi connectivity index (χ3v) is 4.71. The minimum atomic E-state index is 0.0272. The van der Waals surface area contributed by atoms with Gasteiger partial charge in [0.05, 0.1) is 11.0 Å². The number of aryl methyl sites for hydroxylation is 1. The highest BCUT2D eigenvalue weighted by molar-refractivity contribution is 5.97. The van der Waals surface area contributed by atoms with Crippen LogP contribution in [0.1, 0.15) is 40.5 Å². The first-order valence-electron chi connectivity index (χ1n) is 8.39. The van der Waals surface area contributed by atoms with Crippen LogP contribution >= 0.6 is 0 Å². The lowest BCUT2D eigenvalue weighted by atomic mass is 10.1. The van der Waals surface area contributed by atoms with Crippen LogP contribution in [-0.4, -0.2) is 27.4 Å². The van der Waals surface area contributed by atoms with Crippen LogP contribution in [0.4, 0.5) is 0 Å². The van der Waals surface area contributed by atoms with Gasteiger partial charge >= 0.3 is 0 Å². The molecule has 4 nitrogen and oxygen atoms in total. The van der Waals surface area contributed by atoms with Crippen molar-refractivity contribution in [1.82, 2.24) is 14.5 Å². The average molecular weight is 319 g/mol. The topological polar surface area (TPSA) is 38.1 Å². The van der Waals surface area contributed by atoms with E-state index < -0.39 is 0 Å². The van der Waals surface area contributed by atoms with Crippen LogP contribution < -0.4 is 0 Å². The summed E-state index contributed by atoms with van der Waals surface area (Å²) >= 11 is 0. The molecule has 0 N–H and O–H groups in total. The molecule has 1 fully saturated rings. The van der Waals surface area contributed by atoms with Crippen molar-refractivity contribution in [2.24, 2.45) is 7.05 Å². The molecule has 122 valence electrons. The maximum atomic E-state index is 12.7. The fourth-order valence-corrected chi connectivity index (χ4v) is 3.21. The van der Waals surface area contributed by atoms with Crippen molar-refractivity contribution < 1.29 is 4.79 Å². The molecule has 0 atom stereocenters. The van der Waals surface area contributed by atoms with Gasteiger partial charge in [0.15, 0.2) is 0 Å². The fourth-order valence-electron chi connectivity index (χ4n) is 3.21. The summed E-state index contributed by atoms with van der Waals surface area (Å²) in [5, 5.41) is 0. The number of carbonyl (C=O) groups excluding carboxylic acids is 1. The molecule has 1 aliphatic rings. The predicted molar refractivity (Wildman–Crippen MR) is 94.9 cm³/mol. The Hall–Kier alpha value is -2.62. The Labute approximate surface area is 141 Å². The fraction of sp³-hybridized carbons (Fsp3) is 0.300. The number of benzene rings is 2. The molecule has 0 bridgehead atoms. The normalized spacial score (nSPS) is 14.1. The van der Waals surface area contributed by atoms with Crippen molar-refractivity contribution in [3.8, 4) is 0 Å². The summed E-state index contributed by atoms with van der Waals surface area (Å²) in [4.78, 5) is 19.2. The molecule has 0 spiro atoms. The highest BCUT2D eigenvalue weighted by atomic mass is 16.2. The highest BCUT2D eigenvalue weighted by Crippen LogP contribution is 2.40. The van der Waals surface area contributed by atoms with Crippen molar-refractivity contribution in [2.45, 2.75) is 25.3 Å². The van der Waals surface area contributed by atoms with E-state index in [-0.39, 0.29) is 5.91 Å². The van der Waals surface area contributed by atoms with Crippen molar-refractivity contribution in [3.05, 3.63) is 65.5 Å². The van der Waals surface area contributed by atoms with Gasteiger partial charge in [-0.25, -0.2) is 4.98 Å². The van der Waals surface area contributed by atoms with Gasteiger partial charge in [-0.2, -0.15) is 0 Å². The first-order chi connectivity index (χ1) is 11.6. The number of nitrogens with zero attached hydrogens (tertiary/aromatic N) is 3. The van der Waals surface area contributed by atoms with Gasteiger partial charge in [0.2, 0.25) is 0 Å². The predicted octanol–water partition coefficient (Wildman–Crippen LogP) is 3.72. The summed E-state index contributed by atoms with van der Waals surface area (Å²) < 4.78 is 2.16. The standard InChI is InChI=1S/C20H21N3O/c1-22(13-14-6-4-3-5-7-14)20(24)16-10-11-18-17(12-16)21-19(23(18)2)15-8-9-15/h3-7,10-12,15H,8-9,13H2,1-2H3. The Balaban J connectivity index is 1.59. The van der Waals surface area contributed by atoms with E-state index in [2.05, 4.69) is 11.6 Å². The maximum Gasteiger partial charge on any atom is 0.253 e. The molecule has 1 heterocycles. The van der Waals surface area contributed by atoms with Crippen LogP contribution in [0.2, 0.25) is 0 Å². The van der Waals surface area contributed by atoms with E-state index in [1.165, 1.54) is 12.8 Å².